The van der Waals surface area contributed by atoms with Crippen molar-refractivity contribution in [3.8, 4) is 11.8 Å². The first kappa shape index (κ1) is 16.8. The molecule has 2 aromatic carbocycles. The van der Waals surface area contributed by atoms with Gasteiger partial charge in [-0.15, -0.1) is 0 Å². The predicted molar refractivity (Wildman–Crippen MR) is 106 cm³/mol. The molecule has 0 atom stereocenters. The van der Waals surface area contributed by atoms with Gasteiger partial charge in [0, 0.05) is 42.7 Å². The van der Waals surface area contributed by atoms with Gasteiger partial charge in [0.15, 0.2) is 0 Å². The van der Waals surface area contributed by atoms with Crippen LogP contribution in [0.4, 0.5) is 5.69 Å². The number of hydrogen-bond donors (Lipinski definition) is 1. The molecule has 0 amide bonds. The Labute approximate surface area is 157 Å². The van der Waals surface area contributed by atoms with Gasteiger partial charge in [0.25, 0.3) is 0 Å². The Morgan fingerprint density at radius 1 is 1.12 bits per heavy atom. The summed E-state index contributed by atoms with van der Waals surface area (Å²) in [6.45, 7) is 3.94. The van der Waals surface area contributed by atoms with E-state index in [1.165, 1.54) is 0 Å². The summed E-state index contributed by atoms with van der Waals surface area (Å²) in [6, 6.07) is 16.4. The molecule has 1 aliphatic rings. The van der Waals surface area contributed by atoms with Gasteiger partial charge in [-0.2, -0.15) is 5.26 Å². The monoisotopic (exact) mass is 364 g/mol. The molecule has 26 heavy (non-hydrogen) atoms. The molecule has 0 spiro atoms. The van der Waals surface area contributed by atoms with Crippen molar-refractivity contribution >= 4 is 28.5 Å². The van der Waals surface area contributed by atoms with Crippen LogP contribution in [0, 0.1) is 11.3 Å². The van der Waals surface area contributed by atoms with Crippen LogP contribution in [0.2, 0.25) is 0 Å². The number of fused-ring (bicyclic) bond motifs is 1. The summed E-state index contributed by atoms with van der Waals surface area (Å²) in [5.41, 5.74) is 2.93. The fraction of sp³-hybridized carbons (Fsp3) is 0.250. The Morgan fingerprint density at radius 3 is 2.73 bits per heavy atom. The quantitative estimate of drug-likeness (QED) is 0.768. The van der Waals surface area contributed by atoms with Crippen molar-refractivity contribution < 1.29 is 4.74 Å². The summed E-state index contributed by atoms with van der Waals surface area (Å²) < 4.78 is 7.71. The molecule has 5 nitrogen and oxygen atoms in total. The lowest BCUT2D eigenvalue weighted by atomic mass is 10.2. The first-order chi connectivity index (χ1) is 12.8. The Morgan fingerprint density at radius 2 is 1.96 bits per heavy atom. The lowest BCUT2D eigenvalue weighted by molar-refractivity contribution is 0.412. The molecule has 0 bridgehead atoms. The molecule has 1 saturated heterocycles. The van der Waals surface area contributed by atoms with Gasteiger partial charge in [-0.1, -0.05) is 0 Å². The number of piperazine rings is 1. The van der Waals surface area contributed by atoms with Gasteiger partial charge in [-0.25, -0.2) is 0 Å². The third-order valence-corrected chi connectivity index (χ3v) is 5.58. The molecule has 0 saturated carbocycles. The summed E-state index contributed by atoms with van der Waals surface area (Å²) in [5.74, 6) is 0.910. The van der Waals surface area contributed by atoms with E-state index in [1.807, 2.05) is 36.5 Å². The van der Waals surface area contributed by atoms with Gasteiger partial charge in [0.1, 0.15) is 5.75 Å². The van der Waals surface area contributed by atoms with E-state index in [0.29, 0.717) is 5.56 Å². The van der Waals surface area contributed by atoms with Crippen LogP contribution in [-0.2, 0) is 0 Å². The molecule has 1 aliphatic heterocycles. The third-order valence-electron chi connectivity index (χ3n) is 4.60. The molecule has 2 heterocycles. The van der Waals surface area contributed by atoms with Gasteiger partial charge in [-0.05, 0) is 54.4 Å². The third kappa shape index (κ3) is 3.24. The highest BCUT2D eigenvalue weighted by Crippen LogP contribution is 2.35. The first-order valence-corrected chi connectivity index (χ1v) is 9.39. The molecular formula is C20H20N4OS. The number of anilines is 1. The van der Waals surface area contributed by atoms with Gasteiger partial charge in [-0.3, -0.25) is 3.97 Å². The zero-order valence-electron chi connectivity index (χ0n) is 14.6. The van der Waals surface area contributed by atoms with Crippen LogP contribution >= 0.6 is 11.9 Å². The van der Waals surface area contributed by atoms with E-state index in [9.17, 15) is 0 Å². The topological polar surface area (TPSA) is 53.2 Å². The number of nitrogens with zero attached hydrogens (tertiary/aromatic N) is 3. The summed E-state index contributed by atoms with van der Waals surface area (Å²) in [7, 11) is 1.72. The van der Waals surface area contributed by atoms with E-state index in [2.05, 4.69) is 32.4 Å². The number of rotatable bonds is 4. The molecule has 6 heteroatoms. The van der Waals surface area contributed by atoms with E-state index < -0.39 is 0 Å². The average Bonchev–Trinajstić information content (AvgIpc) is 3.10. The summed E-state index contributed by atoms with van der Waals surface area (Å²) in [5, 5.41) is 13.5. The number of hydrogen-bond acceptors (Lipinski definition) is 5. The summed E-state index contributed by atoms with van der Waals surface area (Å²) in [6.07, 6.45) is 2.05. The maximum Gasteiger partial charge on any atom is 0.142 e. The fourth-order valence-electron chi connectivity index (χ4n) is 3.26. The van der Waals surface area contributed by atoms with Gasteiger partial charge >= 0.3 is 0 Å². The smallest absolute Gasteiger partial charge is 0.142 e. The van der Waals surface area contributed by atoms with E-state index in [1.54, 1.807) is 19.1 Å². The largest absolute Gasteiger partial charge is 0.495 e. The second-order valence-corrected chi connectivity index (χ2v) is 7.24. The van der Waals surface area contributed by atoms with Crippen molar-refractivity contribution in [2.45, 2.75) is 4.90 Å². The van der Waals surface area contributed by atoms with Crippen LogP contribution in [0.1, 0.15) is 5.56 Å². The highest BCUT2D eigenvalue weighted by molar-refractivity contribution is 7.98. The number of nitriles is 1. The fourth-order valence-corrected chi connectivity index (χ4v) is 4.17. The number of aromatic nitrogens is 1. The van der Waals surface area contributed by atoms with E-state index in [0.717, 1.165) is 53.4 Å². The minimum Gasteiger partial charge on any atom is -0.495 e. The first-order valence-electron chi connectivity index (χ1n) is 8.62. The second-order valence-electron chi connectivity index (χ2n) is 6.19. The molecule has 132 valence electrons. The Bertz CT molecular complexity index is 970. The van der Waals surface area contributed by atoms with E-state index >= 15 is 0 Å². The zero-order valence-corrected chi connectivity index (χ0v) is 15.4. The van der Waals surface area contributed by atoms with Crippen molar-refractivity contribution in [3.05, 3.63) is 54.2 Å². The molecule has 1 N–H and O–H groups in total. The van der Waals surface area contributed by atoms with E-state index in [4.69, 9.17) is 10.00 Å². The molecule has 0 aliphatic carbocycles. The van der Waals surface area contributed by atoms with Crippen LogP contribution in [0.5, 0.6) is 5.75 Å². The van der Waals surface area contributed by atoms with Crippen molar-refractivity contribution in [1.82, 2.24) is 9.29 Å². The number of benzene rings is 2. The molecule has 0 radical (unpaired) electrons. The lowest BCUT2D eigenvalue weighted by Crippen LogP contribution is -2.43. The van der Waals surface area contributed by atoms with Crippen LogP contribution in [0.3, 0.4) is 0 Å². The molecule has 1 aromatic heterocycles. The van der Waals surface area contributed by atoms with E-state index in [-0.39, 0.29) is 0 Å². The number of ether oxygens (including phenoxy) is 1. The highest BCUT2D eigenvalue weighted by atomic mass is 32.2. The molecular weight excluding hydrogens is 344 g/mol. The molecule has 3 aromatic rings. The van der Waals surface area contributed by atoms with Crippen molar-refractivity contribution in [3.63, 3.8) is 0 Å². The standard InChI is InChI=1S/C20H20N4OS/c1-25-20-5-3-17(13-19(20)23-10-7-22-8-11-23)26-24-9-6-16-12-15(14-21)2-4-18(16)24/h2-6,9,12-13,22H,7-8,10-11H2,1H3. The van der Waals surface area contributed by atoms with Crippen LogP contribution in [0.15, 0.2) is 53.6 Å². The number of methoxy groups -OCH3 is 1. The Hall–Kier alpha value is -2.62. The van der Waals surface area contributed by atoms with Gasteiger partial charge < -0.3 is 15.0 Å². The Balaban J connectivity index is 1.65. The predicted octanol–water partition coefficient (Wildman–Crippen LogP) is 3.49. The SMILES string of the molecule is COc1ccc(Sn2ccc3cc(C#N)ccc32)cc1N1CCNCC1. The zero-order chi connectivity index (χ0) is 17.9. The minimum atomic E-state index is 0.686. The summed E-state index contributed by atoms with van der Waals surface area (Å²) >= 11 is 1.67. The number of nitrogens with one attached hydrogen (secondary N) is 1. The maximum absolute atomic E-state index is 9.06. The second kappa shape index (κ2) is 7.32. The lowest BCUT2D eigenvalue weighted by Gasteiger charge is -2.30. The molecule has 0 unspecified atom stereocenters. The molecule has 4 rings (SSSR count). The highest BCUT2D eigenvalue weighted by Gasteiger charge is 2.16. The Kier molecular flexibility index (Phi) is 4.74. The maximum atomic E-state index is 9.06. The van der Waals surface area contributed by atoms with Crippen LogP contribution < -0.4 is 15.0 Å². The van der Waals surface area contributed by atoms with Crippen LogP contribution in [-0.4, -0.2) is 37.3 Å². The van der Waals surface area contributed by atoms with Crippen molar-refractivity contribution in [2.75, 3.05) is 38.2 Å². The van der Waals surface area contributed by atoms with Gasteiger partial charge in [0.2, 0.25) is 0 Å². The van der Waals surface area contributed by atoms with Crippen molar-refractivity contribution in [1.29, 1.82) is 5.26 Å². The minimum absolute atomic E-state index is 0.686. The average molecular weight is 364 g/mol. The molecule has 1 fully saturated rings. The van der Waals surface area contributed by atoms with Crippen LogP contribution in [0.25, 0.3) is 10.9 Å². The van der Waals surface area contributed by atoms with Gasteiger partial charge in [0.05, 0.1) is 29.9 Å². The summed E-state index contributed by atoms with van der Waals surface area (Å²) in [4.78, 5) is 3.52. The van der Waals surface area contributed by atoms with Crippen molar-refractivity contribution in [2.24, 2.45) is 0 Å². The normalized spacial score (nSPS) is 14.4.